The highest BCUT2D eigenvalue weighted by Crippen LogP contribution is 2.27. The van der Waals surface area contributed by atoms with Gasteiger partial charge in [0.05, 0.1) is 18.2 Å². The van der Waals surface area contributed by atoms with Gasteiger partial charge in [0.25, 0.3) is 0 Å². The van der Waals surface area contributed by atoms with Crippen molar-refractivity contribution in [3.05, 3.63) is 42.0 Å². The number of hydrogen-bond donors (Lipinski definition) is 1. The average molecular weight is 286 g/mol. The van der Waals surface area contributed by atoms with Gasteiger partial charge in [0, 0.05) is 12.0 Å². The molecule has 0 aromatic heterocycles. The molecule has 0 spiro atoms. The minimum Gasteiger partial charge on any atom is -0.411 e. The van der Waals surface area contributed by atoms with Crippen molar-refractivity contribution in [2.75, 3.05) is 0 Å². The molecule has 0 bridgehead atoms. The van der Waals surface area contributed by atoms with E-state index in [9.17, 15) is 4.79 Å². The van der Waals surface area contributed by atoms with Crippen LogP contribution < -0.4 is 0 Å². The van der Waals surface area contributed by atoms with Gasteiger partial charge in [-0.3, -0.25) is 4.79 Å². The summed E-state index contributed by atoms with van der Waals surface area (Å²) in [5.74, 6) is 0.00395. The van der Waals surface area contributed by atoms with Crippen LogP contribution in [-0.4, -0.2) is 33.3 Å². The number of hydrogen-bond acceptors (Lipinski definition) is 3. The fourth-order valence-corrected chi connectivity index (χ4v) is 2.74. The Morgan fingerprint density at radius 3 is 2.52 bits per heavy atom. The standard InChI is InChI=1S/C17H22N2O2/c1-17(2,3)19-15(11-14(18-21)12-16(19)20)10-9-13-7-5-4-6-8-13/h4-10,15,21H,11-12H2,1-3H3. The van der Waals surface area contributed by atoms with Gasteiger partial charge in [-0.15, -0.1) is 0 Å². The molecule has 112 valence electrons. The molecule has 1 amide bonds. The van der Waals surface area contributed by atoms with E-state index in [1.54, 1.807) is 0 Å². The lowest BCUT2D eigenvalue weighted by molar-refractivity contribution is -0.137. The third-order valence-electron chi connectivity index (χ3n) is 3.57. The highest BCUT2D eigenvalue weighted by atomic mass is 16.4. The Balaban J connectivity index is 2.27. The van der Waals surface area contributed by atoms with Gasteiger partial charge in [-0.25, -0.2) is 0 Å². The summed E-state index contributed by atoms with van der Waals surface area (Å²) in [6, 6.07) is 9.88. The molecule has 1 N–H and O–H groups in total. The third-order valence-corrected chi connectivity index (χ3v) is 3.57. The fraction of sp³-hybridized carbons (Fsp3) is 0.412. The third kappa shape index (κ3) is 3.72. The van der Waals surface area contributed by atoms with Crippen molar-refractivity contribution in [1.82, 2.24) is 4.90 Å². The first-order valence-electron chi connectivity index (χ1n) is 7.17. The zero-order valence-electron chi connectivity index (χ0n) is 12.8. The second kappa shape index (κ2) is 6.12. The smallest absolute Gasteiger partial charge is 0.229 e. The Hall–Kier alpha value is -2.10. The number of oxime groups is 1. The van der Waals surface area contributed by atoms with Gasteiger partial charge in [0.15, 0.2) is 0 Å². The van der Waals surface area contributed by atoms with Gasteiger partial charge >= 0.3 is 0 Å². The Morgan fingerprint density at radius 2 is 1.95 bits per heavy atom. The van der Waals surface area contributed by atoms with E-state index in [0.29, 0.717) is 12.1 Å². The SMILES string of the molecule is CC(C)(C)N1C(=O)CC(=NO)CC1C=Cc1ccccc1. The number of carbonyl (C=O) groups excluding carboxylic acids is 1. The molecule has 1 aliphatic rings. The van der Waals surface area contributed by atoms with Gasteiger partial charge in [-0.1, -0.05) is 47.6 Å². The first-order chi connectivity index (χ1) is 9.91. The summed E-state index contributed by atoms with van der Waals surface area (Å²) >= 11 is 0. The maximum atomic E-state index is 12.3. The molecule has 1 aliphatic heterocycles. The molecule has 1 fully saturated rings. The molecular weight excluding hydrogens is 264 g/mol. The summed E-state index contributed by atoms with van der Waals surface area (Å²) in [5, 5.41) is 12.2. The van der Waals surface area contributed by atoms with E-state index < -0.39 is 0 Å². The molecule has 0 aliphatic carbocycles. The van der Waals surface area contributed by atoms with E-state index in [2.05, 4.69) is 5.16 Å². The van der Waals surface area contributed by atoms with Crippen molar-refractivity contribution < 1.29 is 10.0 Å². The highest BCUT2D eigenvalue weighted by Gasteiger charge is 2.37. The van der Waals surface area contributed by atoms with Gasteiger partial charge in [0.1, 0.15) is 0 Å². The van der Waals surface area contributed by atoms with Crippen LogP contribution in [0.1, 0.15) is 39.2 Å². The molecule has 1 saturated heterocycles. The van der Waals surface area contributed by atoms with Crippen LogP contribution in [0.25, 0.3) is 6.08 Å². The van der Waals surface area contributed by atoms with Gasteiger partial charge in [-0.05, 0) is 26.3 Å². The molecule has 21 heavy (non-hydrogen) atoms. The number of piperidine rings is 1. The minimum absolute atomic E-state index is 0.00395. The van der Waals surface area contributed by atoms with Crippen molar-refractivity contribution in [2.45, 2.75) is 45.2 Å². The number of likely N-dealkylation sites (tertiary alicyclic amines) is 1. The Morgan fingerprint density at radius 1 is 1.29 bits per heavy atom. The maximum Gasteiger partial charge on any atom is 0.229 e. The monoisotopic (exact) mass is 286 g/mol. The predicted molar refractivity (Wildman–Crippen MR) is 84.3 cm³/mol. The lowest BCUT2D eigenvalue weighted by Crippen LogP contribution is -2.55. The van der Waals surface area contributed by atoms with Crippen LogP contribution in [0.2, 0.25) is 0 Å². The van der Waals surface area contributed by atoms with Crippen LogP contribution in [0, 0.1) is 0 Å². The molecule has 1 heterocycles. The van der Waals surface area contributed by atoms with Crippen molar-refractivity contribution >= 4 is 17.7 Å². The normalized spacial score (nSPS) is 22.2. The van der Waals surface area contributed by atoms with E-state index in [4.69, 9.17) is 5.21 Å². The van der Waals surface area contributed by atoms with Crippen LogP contribution in [0.15, 0.2) is 41.6 Å². The summed E-state index contributed by atoms with van der Waals surface area (Å²) in [6.07, 6.45) is 4.80. The summed E-state index contributed by atoms with van der Waals surface area (Å²) in [4.78, 5) is 14.2. The van der Waals surface area contributed by atoms with E-state index in [-0.39, 0.29) is 23.9 Å². The molecule has 2 rings (SSSR count). The lowest BCUT2D eigenvalue weighted by atomic mass is 9.92. The quantitative estimate of drug-likeness (QED) is 0.670. The number of benzene rings is 1. The summed E-state index contributed by atoms with van der Waals surface area (Å²) in [6.45, 7) is 6.07. The lowest BCUT2D eigenvalue weighted by Gasteiger charge is -2.43. The highest BCUT2D eigenvalue weighted by molar-refractivity contribution is 6.04. The van der Waals surface area contributed by atoms with Crippen LogP contribution in [0.4, 0.5) is 0 Å². The number of amides is 1. The molecule has 0 saturated carbocycles. The number of rotatable bonds is 2. The van der Waals surface area contributed by atoms with E-state index in [1.807, 2.05) is 68.2 Å². The van der Waals surface area contributed by atoms with Crippen LogP contribution >= 0.6 is 0 Å². The second-order valence-electron chi connectivity index (χ2n) is 6.32. The molecule has 1 aromatic carbocycles. The first kappa shape index (κ1) is 15.3. The molecular formula is C17H22N2O2. The van der Waals surface area contributed by atoms with Crippen molar-refractivity contribution in [2.24, 2.45) is 5.16 Å². The summed E-state index contributed by atoms with van der Waals surface area (Å²) in [5.41, 5.74) is 1.37. The zero-order valence-corrected chi connectivity index (χ0v) is 12.8. The molecule has 1 unspecified atom stereocenters. The largest absolute Gasteiger partial charge is 0.411 e. The van der Waals surface area contributed by atoms with Crippen LogP contribution in [0.5, 0.6) is 0 Å². The van der Waals surface area contributed by atoms with Gasteiger partial charge in [-0.2, -0.15) is 0 Å². The number of carbonyl (C=O) groups is 1. The molecule has 4 heteroatoms. The van der Waals surface area contributed by atoms with Crippen molar-refractivity contribution in [3.63, 3.8) is 0 Å². The summed E-state index contributed by atoms with van der Waals surface area (Å²) < 4.78 is 0. The minimum atomic E-state index is -0.260. The van der Waals surface area contributed by atoms with Crippen LogP contribution in [-0.2, 0) is 4.79 Å². The molecule has 4 nitrogen and oxygen atoms in total. The molecule has 1 atom stereocenters. The number of nitrogens with zero attached hydrogens (tertiary/aromatic N) is 2. The van der Waals surface area contributed by atoms with Crippen molar-refractivity contribution in [1.29, 1.82) is 0 Å². The van der Waals surface area contributed by atoms with E-state index in [1.165, 1.54) is 0 Å². The van der Waals surface area contributed by atoms with E-state index in [0.717, 1.165) is 5.56 Å². The Labute approximate surface area is 125 Å². The first-order valence-corrected chi connectivity index (χ1v) is 7.17. The van der Waals surface area contributed by atoms with Crippen molar-refractivity contribution in [3.8, 4) is 0 Å². The Bertz CT molecular complexity index is 556. The zero-order chi connectivity index (χ0) is 15.5. The fourth-order valence-electron chi connectivity index (χ4n) is 2.74. The molecule has 1 aromatic rings. The van der Waals surface area contributed by atoms with Crippen LogP contribution in [0.3, 0.4) is 0 Å². The second-order valence-corrected chi connectivity index (χ2v) is 6.32. The predicted octanol–water partition coefficient (Wildman–Crippen LogP) is 3.32. The van der Waals surface area contributed by atoms with Gasteiger partial charge < -0.3 is 10.1 Å². The molecule has 0 radical (unpaired) electrons. The topological polar surface area (TPSA) is 52.9 Å². The summed E-state index contributed by atoms with van der Waals surface area (Å²) in [7, 11) is 0. The van der Waals surface area contributed by atoms with E-state index >= 15 is 0 Å². The maximum absolute atomic E-state index is 12.3. The van der Waals surface area contributed by atoms with Gasteiger partial charge in [0.2, 0.25) is 5.91 Å². The Kier molecular flexibility index (Phi) is 4.46. The average Bonchev–Trinajstić information content (AvgIpc) is 2.44.